The number of halogens is 1. The van der Waals surface area contributed by atoms with Gasteiger partial charge in [0, 0.05) is 17.8 Å². The van der Waals surface area contributed by atoms with E-state index in [1.54, 1.807) is 12.1 Å². The van der Waals surface area contributed by atoms with E-state index in [0.29, 0.717) is 11.4 Å². The first-order valence-corrected chi connectivity index (χ1v) is 9.24. The molecule has 4 rings (SSSR count). The molecule has 0 bridgehead atoms. The van der Waals surface area contributed by atoms with E-state index < -0.39 is 29.1 Å². The number of fused-ring (bicyclic) bond motifs is 1. The molecule has 0 fully saturated rings. The molecule has 2 heterocycles. The lowest BCUT2D eigenvalue weighted by Gasteiger charge is -2.24. The number of anilines is 4. The van der Waals surface area contributed by atoms with E-state index in [0.717, 1.165) is 5.56 Å². The molecule has 0 radical (unpaired) electrons. The van der Waals surface area contributed by atoms with Crippen LogP contribution in [0.5, 0.6) is 0 Å². The molecule has 4 N–H and O–H groups in total. The molecular formula is C21H18FN5O3. The number of aromatic amines is 1. The van der Waals surface area contributed by atoms with Crippen LogP contribution in [0.15, 0.2) is 53.3 Å². The van der Waals surface area contributed by atoms with Gasteiger partial charge in [-0.3, -0.25) is 19.4 Å². The van der Waals surface area contributed by atoms with Crippen molar-refractivity contribution in [1.29, 1.82) is 0 Å². The standard InChI is InChI=1S/C21H18FN5O3/c1-11-4-2-3-5-15(11)24-19(29)14-10-16(28)25-18-17(14)20(30)27-21(26-18)23-13-8-6-12(22)7-9-13/h2-9,14H,10H2,1H3,(H,24,29)(H3,23,25,26,27,28,30). The Labute approximate surface area is 170 Å². The summed E-state index contributed by atoms with van der Waals surface area (Å²) in [5, 5.41) is 8.17. The van der Waals surface area contributed by atoms with Gasteiger partial charge in [-0.1, -0.05) is 18.2 Å². The fraction of sp³-hybridized carbons (Fsp3) is 0.143. The number of aryl methyl sites for hydroxylation is 1. The van der Waals surface area contributed by atoms with Crippen molar-refractivity contribution < 1.29 is 14.0 Å². The fourth-order valence-corrected chi connectivity index (χ4v) is 3.26. The van der Waals surface area contributed by atoms with Crippen molar-refractivity contribution in [2.45, 2.75) is 19.3 Å². The van der Waals surface area contributed by atoms with Gasteiger partial charge >= 0.3 is 0 Å². The molecule has 1 aliphatic heterocycles. The molecule has 1 aliphatic rings. The minimum absolute atomic E-state index is 0.0181. The summed E-state index contributed by atoms with van der Waals surface area (Å²) in [6, 6.07) is 12.7. The summed E-state index contributed by atoms with van der Waals surface area (Å²) in [7, 11) is 0. The van der Waals surface area contributed by atoms with Crippen molar-refractivity contribution >= 4 is 35.0 Å². The first-order chi connectivity index (χ1) is 14.4. The average molecular weight is 407 g/mol. The molecule has 8 nitrogen and oxygen atoms in total. The number of benzene rings is 2. The molecule has 1 aromatic heterocycles. The highest BCUT2D eigenvalue weighted by molar-refractivity contribution is 6.04. The van der Waals surface area contributed by atoms with E-state index in [2.05, 4.69) is 25.9 Å². The van der Waals surface area contributed by atoms with Crippen LogP contribution in [0.2, 0.25) is 0 Å². The molecular weight excluding hydrogens is 389 g/mol. The van der Waals surface area contributed by atoms with Gasteiger partial charge in [0.25, 0.3) is 5.56 Å². The van der Waals surface area contributed by atoms with Crippen molar-refractivity contribution in [1.82, 2.24) is 9.97 Å². The SMILES string of the molecule is Cc1ccccc1NC(=O)C1CC(=O)Nc2nc(Nc3ccc(F)cc3)[nH]c(=O)c21. The molecule has 0 spiro atoms. The number of amides is 2. The minimum atomic E-state index is -0.982. The molecule has 2 amide bonds. The molecule has 1 atom stereocenters. The first kappa shape index (κ1) is 19.3. The topological polar surface area (TPSA) is 116 Å². The van der Waals surface area contributed by atoms with Crippen LogP contribution in [0.25, 0.3) is 0 Å². The summed E-state index contributed by atoms with van der Waals surface area (Å²) in [5.41, 5.74) is 1.50. The maximum atomic E-state index is 13.1. The van der Waals surface area contributed by atoms with Crippen LogP contribution < -0.4 is 21.5 Å². The molecule has 30 heavy (non-hydrogen) atoms. The van der Waals surface area contributed by atoms with Gasteiger partial charge in [-0.15, -0.1) is 0 Å². The third-order valence-corrected chi connectivity index (χ3v) is 4.78. The summed E-state index contributed by atoms with van der Waals surface area (Å²) in [6.07, 6.45) is -0.166. The third-order valence-electron chi connectivity index (χ3n) is 4.78. The van der Waals surface area contributed by atoms with Gasteiger partial charge in [-0.2, -0.15) is 4.98 Å². The van der Waals surface area contributed by atoms with Crippen molar-refractivity contribution in [2.75, 3.05) is 16.0 Å². The zero-order valence-corrected chi connectivity index (χ0v) is 16.0. The Morgan fingerprint density at radius 2 is 1.87 bits per heavy atom. The fourth-order valence-electron chi connectivity index (χ4n) is 3.26. The zero-order chi connectivity index (χ0) is 21.3. The van der Waals surface area contributed by atoms with E-state index in [9.17, 15) is 18.8 Å². The van der Waals surface area contributed by atoms with Gasteiger partial charge in [0.05, 0.1) is 11.5 Å². The number of nitrogens with one attached hydrogen (secondary N) is 4. The Bertz CT molecular complexity index is 1190. The van der Waals surface area contributed by atoms with Gasteiger partial charge in [0.2, 0.25) is 17.8 Å². The monoisotopic (exact) mass is 407 g/mol. The van der Waals surface area contributed by atoms with Crippen molar-refractivity contribution in [3.05, 3.63) is 75.8 Å². The number of hydrogen-bond donors (Lipinski definition) is 4. The van der Waals surface area contributed by atoms with Crippen LogP contribution in [0, 0.1) is 12.7 Å². The van der Waals surface area contributed by atoms with Gasteiger partial charge in [0.15, 0.2) is 0 Å². The zero-order valence-electron chi connectivity index (χ0n) is 16.0. The summed E-state index contributed by atoms with van der Waals surface area (Å²) < 4.78 is 13.1. The van der Waals surface area contributed by atoms with Gasteiger partial charge in [-0.25, -0.2) is 4.39 Å². The number of rotatable bonds is 4. The van der Waals surface area contributed by atoms with Crippen molar-refractivity contribution in [2.24, 2.45) is 0 Å². The van der Waals surface area contributed by atoms with Crippen LogP contribution in [-0.4, -0.2) is 21.8 Å². The van der Waals surface area contributed by atoms with Crippen LogP contribution in [0.3, 0.4) is 0 Å². The van der Waals surface area contributed by atoms with E-state index in [1.165, 1.54) is 24.3 Å². The molecule has 0 saturated carbocycles. The highest BCUT2D eigenvalue weighted by atomic mass is 19.1. The van der Waals surface area contributed by atoms with Crippen LogP contribution in [-0.2, 0) is 9.59 Å². The largest absolute Gasteiger partial charge is 0.326 e. The van der Waals surface area contributed by atoms with Crippen molar-refractivity contribution in [3.63, 3.8) is 0 Å². The highest BCUT2D eigenvalue weighted by Crippen LogP contribution is 2.30. The van der Waals surface area contributed by atoms with Crippen LogP contribution in [0.1, 0.15) is 23.5 Å². The van der Waals surface area contributed by atoms with Crippen molar-refractivity contribution in [3.8, 4) is 0 Å². The maximum absolute atomic E-state index is 13.1. The molecule has 1 unspecified atom stereocenters. The number of nitrogens with zero attached hydrogens (tertiary/aromatic N) is 1. The summed E-state index contributed by atoms with van der Waals surface area (Å²) in [4.78, 5) is 44.6. The van der Waals surface area contributed by atoms with Gasteiger partial charge in [-0.05, 0) is 42.8 Å². The Morgan fingerprint density at radius 1 is 1.13 bits per heavy atom. The summed E-state index contributed by atoms with van der Waals surface area (Å²) in [5.74, 6) is -2.19. The molecule has 0 aliphatic carbocycles. The Morgan fingerprint density at radius 3 is 2.60 bits per heavy atom. The van der Waals surface area contributed by atoms with Crippen LogP contribution >= 0.6 is 0 Å². The second-order valence-corrected chi connectivity index (χ2v) is 6.92. The second kappa shape index (κ2) is 7.78. The number of carbonyl (C=O) groups excluding carboxylic acids is 2. The quantitative estimate of drug-likeness (QED) is 0.531. The smallest absolute Gasteiger partial charge is 0.258 e. The lowest BCUT2D eigenvalue weighted by molar-refractivity contribution is -0.123. The molecule has 0 saturated heterocycles. The van der Waals surface area contributed by atoms with E-state index in [1.807, 2.05) is 19.1 Å². The molecule has 152 valence electrons. The number of H-pyrrole nitrogens is 1. The molecule has 9 heteroatoms. The Kier molecular flexibility index (Phi) is 5.01. The van der Waals surface area contributed by atoms with E-state index in [4.69, 9.17) is 0 Å². The summed E-state index contributed by atoms with van der Waals surface area (Å²) in [6.45, 7) is 1.85. The predicted octanol–water partition coefficient (Wildman–Crippen LogP) is 3.03. The Balaban J connectivity index is 1.64. The lowest BCUT2D eigenvalue weighted by atomic mass is 9.92. The van der Waals surface area contributed by atoms with Crippen LogP contribution in [0.4, 0.5) is 27.5 Å². The number of aromatic nitrogens is 2. The van der Waals surface area contributed by atoms with Gasteiger partial charge in [0.1, 0.15) is 11.6 Å². The number of hydrogen-bond acceptors (Lipinski definition) is 5. The highest BCUT2D eigenvalue weighted by Gasteiger charge is 2.34. The summed E-state index contributed by atoms with van der Waals surface area (Å²) >= 11 is 0. The average Bonchev–Trinajstić information content (AvgIpc) is 2.70. The normalized spacial score (nSPS) is 15.1. The predicted molar refractivity (Wildman–Crippen MR) is 110 cm³/mol. The first-order valence-electron chi connectivity index (χ1n) is 9.24. The third kappa shape index (κ3) is 3.90. The van der Waals surface area contributed by atoms with E-state index >= 15 is 0 Å². The molecule has 3 aromatic rings. The van der Waals surface area contributed by atoms with E-state index in [-0.39, 0.29) is 23.8 Å². The van der Waals surface area contributed by atoms with Gasteiger partial charge < -0.3 is 16.0 Å². The maximum Gasteiger partial charge on any atom is 0.258 e. The number of carbonyl (C=O) groups is 2. The molecule has 2 aromatic carbocycles. The lowest BCUT2D eigenvalue weighted by Crippen LogP contribution is -2.36. The minimum Gasteiger partial charge on any atom is -0.326 e. The number of para-hydroxylation sites is 1. The second-order valence-electron chi connectivity index (χ2n) is 6.92. The Hall–Kier alpha value is -4.01.